The number of fused-ring (bicyclic) bond motifs is 2. The van der Waals surface area contributed by atoms with E-state index in [0.717, 1.165) is 43.0 Å². The summed E-state index contributed by atoms with van der Waals surface area (Å²) in [7, 11) is 0. The number of benzene rings is 3. The molecule has 0 bridgehead atoms. The molecule has 0 amide bonds. The molecule has 0 fully saturated rings. The first-order valence-corrected chi connectivity index (χ1v) is 10.5. The first kappa shape index (κ1) is 23.7. The van der Waals surface area contributed by atoms with E-state index in [2.05, 4.69) is 19.9 Å². The highest BCUT2D eigenvalue weighted by Gasteiger charge is 2.26. The van der Waals surface area contributed by atoms with E-state index < -0.39 is 38.7 Å². The van der Waals surface area contributed by atoms with E-state index >= 15 is 0 Å². The van der Waals surface area contributed by atoms with Crippen LogP contribution < -0.4 is 4.90 Å². The highest BCUT2D eigenvalue weighted by atomic mass is 35.5. The second kappa shape index (κ2) is 8.91. The molecule has 11 nitrogen and oxygen atoms in total. The van der Waals surface area contributed by atoms with Crippen LogP contribution >= 0.6 is 11.6 Å². The van der Waals surface area contributed by atoms with Crippen molar-refractivity contribution in [2.45, 2.75) is 0 Å². The van der Waals surface area contributed by atoms with Crippen LogP contribution in [-0.2, 0) is 0 Å². The predicted molar refractivity (Wildman–Crippen MR) is 126 cm³/mol. The molecule has 0 atom stereocenters. The average molecular weight is 528 g/mol. The highest BCUT2D eigenvalue weighted by molar-refractivity contribution is 6.31. The summed E-state index contributed by atoms with van der Waals surface area (Å²) in [5, 5.41) is 22.5. The SMILES string of the molecule is O=[N+]([O-])c1cc2c(N(c3ccc(F)c(Cl)c3)c3ncnc4cc(F)c([N+](=O)[O-])cc34)ncnc2cc1F. The van der Waals surface area contributed by atoms with Crippen LogP contribution in [-0.4, -0.2) is 29.8 Å². The van der Waals surface area contributed by atoms with Crippen LogP contribution in [0.2, 0.25) is 5.02 Å². The summed E-state index contributed by atoms with van der Waals surface area (Å²) in [5.41, 5.74) is -1.68. The Bertz CT molecular complexity index is 1670. The molecule has 37 heavy (non-hydrogen) atoms. The third kappa shape index (κ3) is 4.08. The summed E-state index contributed by atoms with van der Waals surface area (Å²) in [6.45, 7) is 0. The number of halogens is 4. The van der Waals surface area contributed by atoms with Crippen LogP contribution in [0.4, 0.5) is 41.9 Å². The Morgan fingerprint density at radius 3 is 1.62 bits per heavy atom. The molecule has 0 saturated heterocycles. The fourth-order valence-electron chi connectivity index (χ4n) is 3.71. The standard InChI is InChI=1S/C22H9ClF3N7O4/c23-13-3-10(1-2-14(13)24)31(21-11-4-19(32(34)35)15(25)6-17(11)27-8-29-21)22-12-5-20(33(36)37)16(26)7-18(12)28-9-30-22/h1-9H. The van der Waals surface area contributed by atoms with Crippen molar-refractivity contribution in [2.75, 3.05) is 4.90 Å². The highest BCUT2D eigenvalue weighted by Crippen LogP contribution is 2.41. The third-order valence-electron chi connectivity index (χ3n) is 5.34. The minimum absolute atomic E-state index is 0.0144. The van der Waals surface area contributed by atoms with Gasteiger partial charge >= 0.3 is 11.4 Å². The van der Waals surface area contributed by atoms with Crippen LogP contribution in [0, 0.1) is 37.7 Å². The minimum Gasteiger partial charge on any atom is -0.278 e. The first-order chi connectivity index (χ1) is 17.7. The largest absolute Gasteiger partial charge is 0.305 e. The molecule has 15 heteroatoms. The lowest BCUT2D eigenvalue weighted by atomic mass is 10.1. The lowest BCUT2D eigenvalue weighted by molar-refractivity contribution is -0.387. The van der Waals surface area contributed by atoms with Gasteiger partial charge in [-0.05, 0) is 18.2 Å². The zero-order chi connectivity index (χ0) is 26.4. The topological polar surface area (TPSA) is 141 Å². The maximum absolute atomic E-state index is 14.3. The van der Waals surface area contributed by atoms with Gasteiger partial charge in [-0.2, -0.15) is 8.78 Å². The smallest absolute Gasteiger partial charge is 0.278 e. The number of rotatable bonds is 5. The molecule has 184 valence electrons. The van der Waals surface area contributed by atoms with Crippen molar-refractivity contribution in [3.63, 3.8) is 0 Å². The molecule has 0 N–H and O–H groups in total. The first-order valence-electron chi connectivity index (χ1n) is 10.1. The maximum atomic E-state index is 14.3. The molecular formula is C22H9ClF3N7O4. The molecule has 0 aliphatic rings. The van der Waals surface area contributed by atoms with E-state index in [1.165, 1.54) is 17.0 Å². The summed E-state index contributed by atoms with van der Waals surface area (Å²) in [6.07, 6.45) is 2.10. The maximum Gasteiger partial charge on any atom is 0.305 e. The van der Waals surface area contributed by atoms with Gasteiger partial charge in [0.05, 0.1) is 42.4 Å². The van der Waals surface area contributed by atoms with Gasteiger partial charge in [0.1, 0.15) is 30.1 Å². The Balaban J connectivity index is 1.90. The molecule has 3 aromatic carbocycles. The van der Waals surface area contributed by atoms with Crippen molar-refractivity contribution in [3.8, 4) is 0 Å². The van der Waals surface area contributed by atoms with Gasteiger partial charge in [-0.1, -0.05) is 11.6 Å². The van der Waals surface area contributed by atoms with Crippen molar-refractivity contribution in [2.24, 2.45) is 0 Å². The molecule has 0 spiro atoms. The van der Waals surface area contributed by atoms with Crippen molar-refractivity contribution >= 4 is 62.1 Å². The van der Waals surface area contributed by atoms with E-state index in [-0.39, 0.29) is 44.2 Å². The van der Waals surface area contributed by atoms with E-state index in [1.54, 1.807) is 0 Å². The van der Waals surface area contributed by atoms with Gasteiger partial charge in [-0.15, -0.1) is 0 Å². The summed E-state index contributed by atoms with van der Waals surface area (Å²) in [6, 6.07) is 6.99. The van der Waals surface area contributed by atoms with E-state index in [0.29, 0.717) is 0 Å². The van der Waals surface area contributed by atoms with Crippen LogP contribution in [0.3, 0.4) is 0 Å². The minimum atomic E-state index is -1.14. The second-order valence-corrected chi connectivity index (χ2v) is 7.89. The van der Waals surface area contributed by atoms with E-state index in [1.807, 2.05) is 0 Å². The fourth-order valence-corrected chi connectivity index (χ4v) is 3.89. The van der Waals surface area contributed by atoms with E-state index in [9.17, 15) is 33.4 Å². The van der Waals surface area contributed by atoms with Crippen molar-refractivity contribution in [3.05, 3.63) is 97.8 Å². The van der Waals surface area contributed by atoms with Crippen LogP contribution in [0.15, 0.2) is 55.1 Å². The van der Waals surface area contributed by atoms with Crippen LogP contribution in [0.1, 0.15) is 0 Å². The lowest BCUT2D eigenvalue weighted by Crippen LogP contribution is -2.15. The number of nitro benzene ring substituents is 2. The zero-order valence-corrected chi connectivity index (χ0v) is 18.7. The van der Waals surface area contributed by atoms with Crippen molar-refractivity contribution in [1.82, 2.24) is 19.9 Å². The van der Waals surface area contributed by atoms with Gasteiger partial charge in [0, 0.05) is 24.3 Å². The van der Waals surface area contributed by atoms with Gasteiger partial charge in [-0.3, -0.25) is 25.1 Å². The molecule has 0 saturated carbocycles. The molecule has 0 unspecified atom stereocenters. The Morgan fingerprint density at radius 1 is 0.703 bits per heavy atom. The molecule has 0 aliphatic carbocycles. The molecular weight excluding hydrogens is 519 g/mol. The third-order valence-corrected chi connectivity index (χ3v) is 5.63. The molecule has 0 aliphatic heterocycles. The zero-order valence-electron chi connectivity index (χ0n) is 18.0. The molecule has 5 rings (SSSR count). The quantitative estimate of drug-likeness (QED) is 0.201. The van der Waals surface area contributed by atoms with Gasteiger partial charge < -0.3 is 0 Å². The number of aromatic nitrogens is 4. The summed E-state index contributed by atoms with van der Waals surface area (Å²) in [5.74, 6) is -3.24. The van der Waals surface area contributed by atoms with Crippen LogP contribution in [0.5, 0.6) is 0 Å². The second-order valence-electron chi connectivity index (χ2n) is 7.48. The molecule has 5 aromatic rings. The number of hydrogen-bond acceptors (Lipinski definition) is 9. The summed E-state index contributed by atoms with van der Waals surface area (Å²) >= 11 is 6.00. The van der Waals surface area contributed by atoms with Crippen molar-refractivity contribution in [1.29, 1.82) is 0 Å². The monoisotopic (exact) mass is 527 g/mol. The van der Waals surface area contributed by atoms with Gasteiger partial charge in [-0.25, -0.2) is 24.3 Å². The Morgan fingerprint density at radius 2 is 1.19 bits per heavy atom. The Hall–Kier alpha value is -4.98. The predicted octanol–water partition coefficient (Wildman–Crippen LogP) is 5.93. The normalized spacial score (nSPS) is 11.1. The number of anilines is 3. The summed E-state index contributed by atoms with van der Waals surface area (Å²) < 4.78 is 42.6. The van der Waals surface area contributed by atoms with Gasteiger partial charge in [0.2, 0.25) is 11.6 Å². The number of hydrogen-bond donors (Lipinski definition) is 0. The average Bonchev–Trinajstić information content (AvgIpc) is 2.85. The molecule has 0 radical (unpaired) electrons. The lowest BCUT2D eigenvalue weighted by Gasteiger charge is -2.25. The van der Waals surface area contributed by atoms with E-state index in [4.69, 9.17) is 11.6 Å². The number of nitrogens with zero attached hydrogens (tertiary/aromatic N) is 7. The molecule has 2 aromatic heterocycles. The Kier molecular flexibility index (Phi) is 5.72. The molecule has 2 heterocycles. The number of nitro groups is 2. The Labute approximate surface area is 208 Å². The van der Waals surface area contributed by atoms with Crippen molar-refractivity contribution < 1.29 is 23.0 Å². The van der Waals surface area contributed by atoms with Crippen LogP contribution in [0.25, 0.3) is 21.8 Å². The fraction of sp³-hybridized carbons (Fsp3) is 0. The van der Waals surface area contributed by atoms with Gasteiger partial charge in [0.25, 0.3) is 0 Å². The summed E-state index contributed by atoms with van der Waals surface area (Å²) in [4.78, 5) is 38.5. The van der Waals surface area contributed by atoms with Gasteiger partial charge in [0.15, 0.2) is 0 Å².